The summed E-state index contributed by atoms with van der Waals surface area (Å²) < 4.78 is 5.57. The second-order valence-electron chi connectivity index (χ2n) is 3.88. The van der Waals surface area contributed by atoms with Crippen LogP contribution in [0.2, 0.25) is 5.02 Å². The van der Waals surface area contributed by atoms with E-state index in [2.05, 4.69) is 4.98 Å². The first-order valence-corrected chi connectivity index (χ1v) is 6.49. The summed E-state index contributed by atoms with van der Waals surface area (Å²) in [5.41, 5.74) is 9.22. The number of benzene rings is 1. The number of thiazole rings is 1. The summed E-state index contributed by atoms with van der Waals surface area (Å²) in [6.07, 6.45) is 0.0997. The fourth-order valence-electron chi connectivity index (χ4n) is 1.47. The van der Waals surface area contributed by atoms with Crippen molar-refractivity contribution in [2.24, 2.45) is 0 Å². The topological polar surface area (TPSA) is 48.1 Å². The van der Waals surface area contributed by atoms with Crippen LogP contribution in [0.25, 0.3) is 11.3 Å². The molecule has 0 spiro atoms. The summed E-state index contributed by atoms with van der Waals surface area (Å²) in [6.45, 7) is 3.92. The van der Waals surface area contributed by atoms with Gasteiger partial charge in [0.05, 0.1) is 16.6 Å². The van der Waals surface area contributed by atoms with Crippen LogP contribution in [-0.2, 0) is 0 Å². The number of nitrogens with two attached hydrogens (primary N) is 1. The highest BCUT2D eigenvalue weighted by molar-refractivity contribution is 7.14. The van der Waals surface area contributed by atoms with E-state index in [1.165, 1.54) is 11.3 Å². The summed E-state index contributed by atoms with van der Waals surface area (Å²) in [5.74, 6) is 0.680. The second kappa shape index (κ2) is 4.94. The molecule has 2 aromatic rings. The van der Waals surface area contributed by atoms with Crippen LogP contribution in [0.4, 0.5) is 5.00 Å². The Morgan fingerprint density at radius 2 is 2.18 bits per heavy atom. The van der Waals surface area contributed by atoms with Crippen molar-refractivity contribution in [2.75, 3.05) is 5.73 Å². The molecule has 3 nitrogen and oxygen atoms in total. The third-order valence-corrected chi connectivity index (χ3v) is 3.12. The Bertz CT molecular complexity index is 525. The Labute approximate surface area is 109 Å². The first-order chi connectivity index (χ1) is 8.08. The van der Waals surface area contributed by atoms with Crippen LogP contribution in [0, 0.1) is 0 Å². The molecule has 0 aliphatic carbocycles. The molecule has 0 aliphatic heterocycles. The molecule has 1 heterocycles. The fourth-order valence-corrected chi connectivity index (χ4v) is 2.25. The minimum absolute atomic E-state index is 0.0997. The Kier molecular flexibility index (Phi) is 3.54. The van der Waals surface area contributed by atoms with Crippen molar-refractivity contribution in [1.82, 2.24) is 4.98 Å². The van der Waals surface area contributed by atoms with Crippen LogP contribution in [-0.4, -0.2) is 11.1 Å². The molecule has 0 bridgehead atoms. The molecule has 0 saturated carbocycles. The van der Waals surface area contributed by atoms with E-state index in [0.29, 0.717) is 15.8 Å². The number of halogens is 1. The van der Waals surface area contributed by atoms with Gasteiger partial charge in [-0.25, -0.2) is 4.98 Å². The first-order valence-electron chi connectivity index (χ1n) is 5.23. The molecule has 0 fully saturated rings. The van der Waals surface area contributed by atoms with E-state index in [-0.39, 0.29) is 6.10 Å². The van der Waals surface area contributed by atoms with Gasteiger partial charge in [-0.2, -0.15) is 0 Å². The van der Waals surface area contributed by atoms with Crippen molar-refractivity contribution in [1.29, 1.82) is 0 Å². The normalized spacial score (nSPS) is 10.8. The zero-order chi connectivity index (χ0) is 12.4. The quantitative estimate of drug-likeness (QED) is 0.920. The highest BCUT2D eigenvalue weighted by atomic mass is 35.5. The number of nitrogens with zero attached hydrogens (tertiary/aromatic N) is 1. The van der Waals surface area contributed by atoms with Crippen molar-refractivity contribution in [3.63, 3.8) is 0 Å². The maximum atomic E-state index is 6.15. The summed E-state index contributed by atoms with van der Waals surface area (Å²) in [4.78, 5) is 4.21. The highest BCUT2D eigenvalue weighted by Crippen LogP contribution is 2.33. The lowest BCUT2D eigenvalue weighted by Gasteiger charge is -2.11. The third-order valence-electron chi connectivity index (χ3n) is 2.16. The number of anilines is 1. The molecule has 90 valence electrons. The monoisotopic (exact) mass is 268 g/mol. The van der Waals surface area contributed by atoms with Crippen molar-refractivity contribution in [3.05, 3.63) is 28.7 Å². The molecular weight excluding hydrogens is 256 g/mol. The van der Waals surface area contributed by atoms with Gasteiger partial charge in [-0.15, -0.1) is 11.3 Å². The number of rotatable bonds is 3. The molecule has 2 rings (SSSR count). The molecule has 5 heteroatoms. The number of ether oxygens (including phenoxy) is 1. The van der Waals surface area contributed by atoms with E-state index < -0.39 is 0 Å². The Balaban J connectivity index is 2.34. The van der Waals surface area contributed by atoms with Gasteiger partial charge in [-0.05, 0) is 32.0 Å². The molecule has 0 aliphatic rings. The summed E-state index contributed by atoms with van der Waals surface area (Å²) >= 11 is 7.56. The predicted molar refractivity (Wildman–Crippen MR) is 72.7 cm³/mol. The summed E-state index contributed by atoms with van der Waals surface area (Å²) in [7, 11) is 0. The van der Waals surface area contributed by atoms with Crippen molar-refractivity contribution < 1.29 is 4.74 Å². The smallest absolute Gasteiger partial charge is 0.138 e. The van der Waals surface area contributed by atoms with E-state index in [4.69, 9.17) is 22.1 Å². The van der Waals surface area contributed by atoms with Crippen LogP contribution in [0.5, 0.6) is 5.75 Å². The molecule has 0 radical (unpaired) electrons. The highest BCUT2D eigenvalue weighted by Gasteiger charge is 2.10. The van der Waals surface area contributed by atoms with E-state index in [1.54, 1.807) is 5.51 Å². The molecule has 0 atom stereocenters. The summed E-state index contributed by atoms with van der Waals surface area (Å²) in [5, 5.41) is 1.27. The molecule has 0 unspecified atom stereocenters. The van der Waals surface area contributed by atoms with Crippen LogP contribution in [0.15, 0.2) is 23.7 Å². The average Bonchev–Trinajstić information content (AvgIpc) is 2.67. The standard InChI is InChI=1S/C12H13ClN2OS/c1-7(2)16-10-4-3-8(5-9(10)13)11-12(14)17-6-15-11/h3-7H,14H2,1-2H3. The lowest BCUT2D eigenvalue weighted by molar-refractivity contribution is 0.242. The fraction of sp³-hybridized carbons (Fsp3) is 0.250. The van der Waals surface area contributed by atoms with Gasteiger partial charge in [0.15, 0.2) is 0 Å². The Morgan fingerprint density at radius 1 is 1.41 bits per heavy atom. The number of nitrogen functional groups attached to an aromatic ring is 1. The molecular formula is C12H13ClN2OS. The van der Waals surface area contributed by atoms with Gasteiger partial charge in [-0.1, -0.05) is 11.6 Å². The lowest BCUT2D eigenvalue weighted by atomic mass is 10.1. The van der Waals surface area contributed by atoms with Crippen LogP contribution >= 0.6 is 22.9 Å². The Hall–Kier alpha value is -1.26. The van der Waals surface area contributed by atoms with Crippen LogP contribution in [0.3, 0.4) is 0 Å². The second-order valence-corrected chi connectivity index (χ2v) is 5.17. The van der Waals surface area contributed by atoms with Gasteiger partial charge in [0.2, 0.25) is 0 Å². The number of aromatic nitrogens is 1. The predicted octanol–water partition coefficient (Wildman–Crippen LogP) is 3.83. The van der Waals surface area contributed by atoms with E-state index >= 15 is 0 Å². The van der Waals surface area contributed by atoms with E-state index in [1.807, 2.05) is 32.0 Å². The van der Waals surface area contributed by atoms with Gasteiger partial charge in [0.1, 0.15) is 16.4 Å². The van der Waals surface area contributed by atoms with Gasteiger partial charge < -0.3 is 10.5 Å². The van der Waals surface area contributed by atoms with Gasteiger partial charge in [0.25, 0.3) is 0 Å². The zero-order valence-corrected chi connectivity index (χ0v) is 11.2. The molecule has 1 aromatic heterocycles. The molecule has 2 N–H and O–H groups in total. The lowest BCUT2D eigenvalue weighted by Crippen LogP contribution is -2.05. The molecule has 0 amide bonds. The molecule has 1 aromatic carbocycles. The largest absolute Gasteiger partial charge is 0.489 e. The van der Waals surface area contributed by atoms with Gasteiger partial charge in [-0.3, -0.25) is 0 Å². The van der Waals surface area contributed by atoms with Crippen molar-refractivity contribution in [2.45, 2.75) is 20.0 Å². The van der Waals surface area contributed by atoms with Crippen LogP contribution in [0.1, 0.15) is 13.8 Å². The maximum Gasteiger partial charge on any atom is 0.138 e. The Morgan fingerprint density at radius 3 is 2.71 bits per heavy atom. The van der Waals surface area contributed by atoms with E-state index in [9.17, 15) is 0 Å². The average molecular weight is 269 g/mol. The van der Waals surface area contributed by atoms with Crippen LogP contribution < -0.4 is 10.5 Å². The SMILES string of the molecule is CC(C)Oc1ccc(-c2ncsc2N)cc1Cl. The maximum absolute atomic E-state index is 6.15. The first kappa shape index (κ1) is 12.2. The van der Waals surface area contributed by atoms with Crippen molar-refractivity contribution in [3.8, 4) is 17.0 Å². The van der Waals surface area contributed by atoms with Gasteiger partial charge >= 0.3 is 0 Å². The summed E-state index contributed by atoms with van der Waals surface area (Å²) in [6, 6.07) is 5.58. The van der Waals surface area contributed by atoms with E-state index in [0.717, 1.165) is 11.3 Å². The van der Waals surface area contributed by atoms with Gasteiger partial charge in [0, 0.05) is 5.56 Å². The van der Waals surface area contributed by atoms with Crippen molar-refractivity contribution >= 4 is 27.9 Å². The number of hydrogen-bond acceptors (Lipinski definition) is 4. The minimum Gasteiger partial charge on any atom is -0.489 e. The molecule has 17 heavy (non-hydrogen) atoms. The minimum atomic E-state index is 0.0997. The molecule has 0 saturated heterocycles. The third kappa shape index (κ3) is 2.70. The number of hydrogen-bond donors (Lipinski definition) is 1. The zero-order valence-electron chi connectivity index (χ0n) is 9.61.